The van der Waals surface area contributed by atoms with Gasteiger partial charge in [0.05, 0.1) is 0 Å². The van der Waals surface area contributed by atoms with Crippen LogP contribution in [-0.2, 0) is 0 Å². The summed E-state index contributed by atoms with van der Waals surface area (Å²) in [5, 5.41) is 6.12. The maximum atomic E-state index is 12.0. The average molecular weight is 331 g/mol. The van der Waals surface area contributed by atoms with Crippen molar-refractivity contribution in [1.82, 2.24) is 10.6 Å². The normalized spacial score (nSPS) is 10.2. The maximum Gasteiger partial charge on any atom is 0.251 e. The van der Waals surface area contributed by atoms with Crippen LogP contribution in [0.1, 0.15) is 31.8 Å². The van der Waals surface area contributed by atoms with Gasteiger partial charge >= 0.3 is 0 Å². The van der Waals surface area contributed by atoms with E-state index in [9.17, 15) is 9.59 Å². The van der Waals surface area contributed by atoms with Gasteiger partial charge in [0.2, 0.25) is 0 Å². The zero-order chi connectivity index (χ0) is 16.8. The minimum Gasteiger partial charge on any atom is -0.350 e. The van der Waals surface area contributed by atoms with E-state index in [0.717, 1.165) is 11.1 Å². The predicted molar refractivity (Wildman–Crippen MR) is 92.0 cm³/mol. The SMILES string of the molecule is Cc1ccc(C(=O)NCCNC(=O)c2ccc(Cl)cc2)cc1C. The number of amides is 2. The highest BCUT2D eigenvalue weighted by atomic mass is 35.5. The van der Waals surface area contributed by atoms with Gasteiger partial charge in [-0.05, 0) is 61.4 Å². The molecule has 5 heteroatoms. The summed E-state index contributed by atoms with van der Waals surface area (Å²) in [6.07, 6.45) is 0. The van der Waals surface area contributed by atoms with Crippen LogP contribution in [0.5, 0.6) is 0 Å². The molecule has 0 saturated heterocycles. The molecule has 0 fully saturated rings. The Labute approximate surface area is 140 Å². The van der Waals surface area contributed by atoms with E-state index in [0.29, 0.717) is 29.2 Å². The lowest BCUT2D eigenvalue weighted by atomic mass is 10.1. The maximum absolute atomic E-state index is 12.0. The van der Waals surface area contributed by atoms with E-state index in [1.807, 2.05) is 26.0 Å². The van der Waals surface area contributed by atoms with Crippen LogP contribution < -0.4 is 10.6 Å². The van der Waals surface area contributed by atoms with E-state index in [1.165, 1.54) is 0 Å². The number of rotatable bonds is 5. The lowest BCUT2D eigenvalue weighted by Crippen LogP contribution is -2.34. The molecule has 4 nitrogen and oxygen atoms in total. The zero-order valence-corrected chi connectivity index (χ0v) is 13.9. The molecule has 0 atom stereocenters. The van der Waals surface area contributed by atoms with Crippen LogP contribution in [0.4, 0.5) is 0 Å². The number of hydrogen-bond acceptors (Lipinski definition) is 2. The molecule has 0 aromatic heterocycles. The number of benzene rings is 2. The quantitative estimate of drug-likeness (QED) is 0.828. The largest absolute Gasteiger partial charge is 0.350 e. The van der Waals surface area contributed by atoms with Gasteiger partial charge in [-0.3, -0.25) is 9.59 Å². The summed E-state index contributed by atoms with van der Waals surface area (Å²) in [4.78, 5) is 23.9. The molecule has 0 saturated carbocycles. The third kappa shape index (κ3) is 4.83. The standard InChI is InChI=1S/C18H19ClN2O2/c1-12-3-4-15(11-13(12)2)18(23)21-10-9-20-17(22)14-5-7-16(19)8-6-14/h3-8,11H,9-10H2,1-2H3,(H,20,22)(H,21,23). The smallest absolute Gasteiger partial charge is 0.251 e. The van der Waals surface area contributed by atoms with Crippen LogP contribution in [0, 0.1) is 13.8 Å². The number of nitrogens with one attached hydrogen (secondary N) is 2. The fourth-order valence-electron chi connectivity index (χ4n) is 2.04. The first kappa shape index (κ1) is 17.0. The number of carbonyl (C=O) groups is 2. The Kier molecular flexibility index (Phi) is 5.77. The third-order valence-corrected chi connectivity index (χ3v) is 3.82. The summed E-state index contributed by atoms with van der Waals surface area (Å²) in [6.45, 7) is 4.70. The van der Waals surface area contributed by atoms with Gasteiger partial charge < -0.3 is 10.6 Å². The fraction of sp³-hybridized carbons (Fsp3) is 0.222. The van der Waals surface area contributed by atoms with Crippen molar-refractivity contribution in [1.29, 1.82) is 0 Å². The highest BCUT2D eigenvalue weighted by Gasteiger charge is 2.07. The van der Waals surface area contributed by atoms with Gasteiger partial charge in [0.15, 0.2) is 0 Å². The van der Waals surface area contributed by atoms with Crippen LogP contribution in [0.15, 0.2) is 42.5 Å². The van der Waals surface area contributed by atoms with E-state index < -0.39 is 0 Å². The highest BCUT2D eigenvalue weighted by molar-refractivity contribution is 6.30. The van der Waals surface area contributed by atoms with Gasteiger partial charge in [-0.1, -0.05) is 17.7 Å². The second kappa shape index (κ2) is 7.79. The second-order valence-electron chi connectivity index (χ2n) is 5.32. The highest BCUT2D eigenvalue weighted by Crippen LogP contribution is 2.10. The van der Waals surface area contributed by atoms with Crippen molar-refractivity contribution in [3.8, 4) is 0 Å². The zero-order valence-electron chi connectivity index (χ0n) is 13.2. The molecule has 2 amide bonds. The summed E-state index contributed by atoms with van der Waals surface area (Å²) in [6, 6.07) is 12.2. The molecule has 0 spiro atoms. The van der Waals surface area contributed by atoms with Crippen molar-refractivity contribution < 1.29 is 9.59 Å². The van der Waals surface area contributed by atoms with E-state index >= 15 is 0 Å². The molecule has 0 aliphatic rings. The molecule has 0 aliphatic carbocycles. The van der Waals surface area contributed by atoms with Crippen molar-refractivity contribution in [2.24, 2.45) is 0 Å². The Hall–Kier alpha value is -2.33. The monoisotopic (exact) mass is 330 g/mol. The molecule has 0 unspecified atom stereocenters. The minimum absolute atomic E-state index is 0.145. The number of hydrogen-bond donors (Lipinski definition) is 2. The van der Waals surface area contributed by atoms with Crippen molar-refractivity contribution in [2.75, 3.05) is 13.1 Å². The van der Waals surface area contributed by atoms with Crippen LogP contribution >= 0.6 is 11.6 Å². The van der Waals surface area contributed by atoms with Crippen molar-refractivity contribution in [3.05, 3.63) is 69.7 Å². The van der Waals surface area contributed by atoms with E-state index in [-0.39, 0.29) is 11.8 Å². The van der Waals surface area contributed by atoms with Crippen molar-refractivity contribution >= 4 is 23.4 Å². The summed E-state index contributed by atoms with van der Waals surface area (Å²) in [5.41, 5.74) is 3.39. The second-order valence-corrected chi connectivity index (χ2v) is 5.75. The number of carbonyl (C=O) groups excluding carboxylic acids is 2. The molecule has 23 heavy (non-hydrogen) atoms. The van der Waals surface area contributed by atoms with Gasteiger partial charge in [0.25, 0.3) is 11.8 Å². The molecule has 0 radical (unpaired) electrons. The summed E-state index contributed by atoms with van der Waals surface area (Å²) < 4.78 is 0. The minimum atomic E-state index is -0.193. The summed E-state index contributed by atoms with van der Waals surface area (Å²) >= 11 is 5.78. The summed E-state index contributed by atoms with van der Waals surface area (Å²) in [7, 11) is 0. The fourth-order valence-corrected chi connectivity index (χ4v) is 2.17. The van der Waals surface area contributed by atoms with Crippen LogP contribution in [0.2, 0.25) is 5.02 Å². The lowest BCUT2D eigenvalue weighted by molar-refractivity contribution is 0.0927. The molecule has 0 heterocycles. The molecule has 2 aromatic carbocycles. The number of halogens is 1. The molecule has 0 bridgehead atoms. The Bertz CT molecular complexity index is 711. The average Bonchev–Trinajstić information content (AvgIpc) is 2.54. The van der Waals surface area contributed by atoms with E-state index in [4.69, 9.17) is 11.6 Å². The topological polar surface area (TPSA) is 58.2 Å². The van der Waals surface area contributed by atoms with E-state index in [2.05, 4.69) is 10.6 Å². The Balaban J connectivity index is 1.78. The van der Waals surface area contributed by atoms with Crippen LogP contribution in [0.25, 0.3) is 0 Å². The van der Waals surface area contributed by atoms with Gasteiger partial charge in [-0.2, -0.15) is 0 Å². The molecule has 2 aromatic rings. The molecular weight excluding hydrogens is 312 g/mol. The third-order valence-electron chi connectivity index (χ3n) is 3.57. The molecule has 2 rings (SSSR count). The van der Waals surface area contributed by atoms with Gasteiger partial charge in [0.1, 0.15) is 0 Å². The Morgan fingerprint density at radius 3 is 1.91 bits per heavy atom. The molecule has 120 valence electrons. The van der Waals surface area contributed by atoms with Crippen molar-refractivity contribution in [2.45, 2.75) is 13.8 Å². The Morgan fingerprint density at radius 2 is 1.35 bits per heavy atom. The lowest BCUT2D eigenvalue weighted by Gasteiger charge is -2.08. The first-order valence-electron chi connectivity index (χ1n) is 7.36. The van der Waals surface area contributed by atoms with Gasteiger partial charge in [-0.15, -0.1) is 0 Å². The molecule has 2 N–H and O–H groups in total. The number of aryl methyl sites for hydroxylation is 2. The summed E-state index contributed by atoms with van der Waals surface area (Å²) in [5.74, 6) is -0.337. The van der Waals surface area contributed by atoms with E-state index in [1.54, 1.807) is 30.3 Å². The van der Waals surface area contributed by atoms with Crippen LogP contribution in [0.3, 0.4) is 0 Å². The van der Waals surface area contributed by atoms with Crippen LogP contribution in [-0.4, -0.2) is 24.9 Å². The van der Waals surface area contributed by atoms with Gasteiger partial charge in [-0.25, -0.2) is 0 Å². The molecular formula is C18H19ClN2O2. The van der Waals surface area contributed by atoms with Crippen molar-refractivity contribution in [3.63, 3.8) is 0 Å². The molecule has 0 aliphatic heterocycles. The predicted octanol–water partition coefficient (Wildman–Crippen LogP) is 3.12. The Morgan fingerprint density at radius 1 is 0.826 bits per heavy atom. The first-order valence-corrected chi connectivity index (χ1v) is 7.74. The van der Waals surface area contributed by atoms with Gasteiger partial charge in [0, 0.05) is 29.2 Å². The first-order chi connectivity index (χ1) is 11.0.